The van der Waals surface area contributed by atoms with Crippen molar-refractivity contribution >= 4 is 22.6 Å². The van der Waals surface area contributed by atoms with Crippen molar-refractivity contribution in [3.8, 4) is 0 Å². The van der Waals surface area contributed by atoms with Crippen LogP contribution < -0.4 is 17.2 Å². The van der Waals surface area contributed by atoms with E-state index < -0.39 is 0 Å². The first-order chi connectivity index (χ1) is 20.5. The molecule has 1 aliphatic heterocycles. The lowest BCUT2D eigenvalue weighted by molar-refractivity contribution is -0.138. The minimum atomic E-state index is -0.000125. The zero-order valence-electron chi connectivity index (χ0n) is 26.9. The summed E-state index contributed by atoms with van der Waals surface area (Å²) in [6.45, 7) is 13.9. The van der Waals surface area contributed by atoms with Crippen LogP contribution in [0.1, 0.15) is 60.9 Å². The molecule has 4 rings (SSSR count). The Hall–Kier alpha value is -3.42. The van der Waals surface area contributed by atoms with Gasteiger partial charge in [-0.3, -0.25) is 14.7 Å². The first kappa shape index (κ1) is 32.5. The van der Waals surface area contributed by atoms with Crippen molar-refractivity contribution in [2.45, 2.75) is 84.8 Å². The normalized spacial score (nSPS) is 18.3. The van der Waals surface area contributed by atoms with Gasteiger partial charge in [0.15, 0.2) is 5.96 Å². The van der Waals surface area contributed by atoms with Crippen LogP contribution in [0.4, 0.5) is 0 Å². The molecule has 1 aliphatic rings. The van der Waals surface area contributed by atoms with Gasteiger partial charge in [-0.05, 0) is 85.4 Å². The Kier molecular flexibility index (Phi) is 11.2. The smallest absolute Gasteiger partial charge is 0.227 e. The van der Waals surface area contributed by atoms with Crippen molar-refractivity contribution in [2.24, 2.45) is 28.1 Å². The molecule has 1 amide bonds. The Morgan fingerprint density at radius 3 is 2.33 bits per heavy atom. The number of nitrogens with two attached hydrogens (primary N) is 3. The summed E-state index contributed by atoms with van der Waals surface area (Å²) < 4.78 is 0. The standard InChI is InChI=1S/C36H52N6O/c1-24(2)15-33-22-41(21-31(37)20-34-26(4)16-25(3)17-27(34)5)32(11-8-14-40-36(38)39)23-42(33)35(43)19-28-12-13-29-9-6-7-10-30(29)18-28/h6-7,9-10,12-13,16-18,24,31-33H,8,11,14-15,19-23,37H2,1-5H3,(H4,38,39,40)/t31-,32-,33+/m0/s1. The minimum Gasteiger partial charge on any atom is -0.370 e. The lowest BCUT2D eigenvalue weighted by Crippen LogP contribution is -2.62. The summed E-state index contributed by atoms with van der Waals surface area (Å²) in [7, 11) is 0. The van der Waals surface area contributed by atoms with Gasteiger partial charge in [0, 0.05) is 44.3 Å². The third-order valence-corrected chi connectivity index (χ3v) is 8.81. The number of carbonyl (C=O) groups is 1. The molecule has 0 unspecified atom stereocenters. The molecule has 0 aromatic heterocycles. The van der Waals surface area contributed by atoms with Crippen LogP contribution in [0.25, 0.3) is 10.8 Å². The number of aryl methyl sites for hydroxylation is 3. The largest absolute Gasteiger partial charge is 0.370 e. The molecule has 3 aromatic rings. The molecule has 7 heteroatoms. The van der Waals surface area contributed by atoms with E-state index in [2.05, 4.69) is 91.9 Å². The van der Waals surface area contributed by atoms with E-state index in [9.17, 15) is 4.79 Å². The highest BCUT2D eigenvalue weighted by Gasteiger charge is 2.36. The average Bonchev–Trinajstić information content (AvgIpc) is 2.93. The van der Waals surface area contributed by atoms with E-state index in [-0.39, 0.29) is 30.0 Å². The molecule has 0 bridgehead atoms. The van der Waals surface area contributed by atoms with Gasteiger partial charge in [-0.1, -0.05) is 74.0 Å². The summed E-state index contributed by atoms with van der Waals surface area (Å²) in [5, 5.41) is 2.36. The highest BCUT2D eigenvalue weighted by molar-refractivity contribution is 5.85. The average molecular weight is 585 g/mol. The lowest BCUT2D eigenvalue weighted by atomic mass is 9.92. The van der Waals surface area contributed by atoms with Crippen molar-refractivity contribution in [1.29, 1.82) is 0 Å². The Labute approximate surface area is 258 Å². The maximum atomic E-state index is 14.0. The van der Waals surface area contributed by atoms with Crippen LogP contribution in [-0.4, -0.2) is 66.0 Å². The highest BCUT2D eigenvalue weighted by Crippen LogP contribution is 2.26. The maximum absolute atomic E-state index is 14.0. The summed E-state index contributed by atoms with van der Waals surface area (Å²) in [6.07, 6.45) is 3.97. The molecule has 3 atom stereocenters. The van der Waals surface area contributed by atoms with E-state index in [1.165, 1.54) is 33.0 Å². The molecule has 1 saturated heterocycles. The van der Waals surface area contributed by atoms with E-state index in [0.29, 0.717) is 25.4 Å². The first-order valence-electron chi connectivity index (χ1n) is 15.9. The van der Waals surface area contributed by atoms with Gasteiger partial charge in [-0.15, -0.1) is 0 Å². The molecule has 0 aliphatic carbocycles. The van der Waals surface area contributed by atoms with E-state index in [1.54, 1.807) is 0 Å². The number of hydrogen-bond acceptors (Lipinski definition) is 4. The van der Waals surface area contributed by atoms with Gasteiger partial charge < -0.3 is 22.1 Å². The van der Waals surface area contributed by atoms with Crippen molar-refractivity contribution in [3.63, 3.8) is 0 Å². The lowest BCUT2D eigenvalue weighted by Gasteiger charge is -2.48. The molecule has 3 aromatic carbocycles. The fraction of sp³-hybridized carbons (Fsp3) is 0.500. The molecule has 0 spiro atoms. The van der Waals surface area contributed by atoms with Crippen LogP contribution >= 0.6 is 0 Å². The number of hydrogen-bond donors (Lipinski definition) is 3. The monoisotopic (exact) mass is 584 g/mol. The Balaban J connectivity index is 1.53. The van der Waals surface area contributed by atoms with Crippen LogP contribution in [0.15, 0.2) is 59.6 Å². The number of piperazine rings is 1. The molecule has 1 fully saturated rings. The number of fused-ring (bicyclic) bond motifs is 1. The van der Waals surface area contributed by atoms with E-state index >= 15 is 0 Å². The third kappa shape index (κ3) is 9.04. The van der Waals surface area contributed by atoms with Gasteiger partial charge in [0.05, 0.1) is 6.42 Å². The van der Waals surface area contributed by atoms with Gasteiger partial charge in [0.25, 0.3) is 0 Å². The summed E-state index contributed by atoms with van der Waals surface area (Å²) in [6, 6.07) is 19.5. The molecule has 43 heavy (non-hydrogen) atoms. The minimum absolute atomic E-state index is 0.000125. The Bertz CT molecular complexity index is 1390. The fourth-order valence-electron chi connectivity index (χ4n) is 6.88. The van der Waals surface area contributed by atoms with Crippen molar-refractivity contribution in [1.82, 2.24) is 9.80 Å². The van der Waals surface area contributed by atoms with E-state index in [0.717, 1.165) is 44.3 Å². The predicted molar refractivity (Wildman–Crippen MR) is 180 cm³/mol. The zero-order valence-corrected chi connectivity index (χ0v) is 26.9. The topological polar surface area (TPSA) is 114 Å². The Morgan fingerprint density at radius 2 is 1.65 bits per heavy atom. The van der Waals surface area contributed by atoms with Crippen LogP contribution in [0.5, 0.6) is 0 Å². The zero-order chi connectivity index (χ0) is 31.1. The molecule has 0 radical (unpaired) electrons. The van der Waals surface area contributed by atoms with Crippen molar-refractivity contribution in [2.75, 3.05) is 26.2 Å². The van der Waals surface area contributed by atoms with Crippen LogP contribution in [0.2, 0.25) is 0 Å². The van der Waals surface area contributed by atoms with Crippen LogP contribution in [0.3, 0.4) is 0 Å². The van der Waals surface area contributed by atoms with Crippen molar-refractivity contribution in [3.05, 3.63) is 82.4 Å². The van der Waals surface area contributed by atoms with Crippen LogP contribution in [-0.2, 0) is 17.6 Å². The molecule has 7 nitrogen and oxygen atoms in total. The predicted octanol–water partition coefficient (Wildman–Crippen LogP) is 4.86. The number of amides is 1. The SMILES string of the molecule is Cc1cc(C)c(C[C@H](N)CN2C[C@@H](CC(C)C)N(C(=O)Cc3ccc4ccccc4c3)C[C@@H]2CCCN=C(N)N)c(C)c1. The number of aliphatic imine (C=N–C) groups is 1. The van der Waals surface area contributed by atoms with E-state index in [1.807, 2.05) is 12.1 Å². The third-order valence-electron chi connectivity index (χ3n) is 8.81. The second-order valence-corrected chi connectivity index (χ2v) is 13.1. The molecule has 0 saturated carbocycles. The van der Waals surface area contributed by atoms with Crippen LogP contribution in [0, 0.1) is 26.7 Å². The van der Waals surface area contributed by atoms with Gasteiger partial charge in [0.1, 0.15) is 0 Å². The maximum Gasteiger partial charge on any atom is 0.227 e. The second kappa shape index (κ2) is 14.8. The van der Waals surface area contributed by atoms with Gasteiger partial charge in [0.2, 0.25) is 5.91 Å². The summed E-state index contributed by atoms with van der Waals surface area (Å²) in [5.41, 5.74) is 24.4. The number of rotatable bonds is 12. The van der Waals surface area contributed by atoms with Gasteiger partial charge >= 0.3 is 0 Å². The Morgan fingerprint density at radius 1 is 0.953 bits per heavy atom. The number of carbonyl (C=O) groups excluding carboxylic acids is 1. The number of nitrogens with zero attached hydrogens (tertiary/aromatic N) is 3. The molecule has 6 N–H and O–H groups in total. The molecule has 232 valence electrons. The first-order valence-corrected chi connectivity index (χ1v) is 15.9. The quantitative estimate of drug-likeness (QED) is 0.160. The number of benzene rings is 3. The van der Waals surface area contributed by atoms with Crippen molar-refractivity contribution < 1.29 is 4.79 Å². The highest BCUT2D eigenvalue weighted by atomic mass is 16.2. The van der Waals surface area contributed by atoms with E-state index in [4.69, 9.17) is 17.2 Å². The summed E-state index contributed by atoms with van der Waals surface area (Å²) >= 11 is 0. The molecular weight excluding hydrogens is 532 g/mol. The molecular formula is C36H52N6O. The van der Waals surface area contributed by atoms with Gasteiger partial charge in [-0.2, -0.15) is 0 Å². The fourth-order valence-corrected chi connectivity index (χ4v) is 6.88. The number of guanidine groups is 1. The molecule has 1 heterocycles. The summed E-state index contributed by atoms with van der Waals surface area (Å²) in [5.74, 6) is 0.799. The second-order valence-electron chi connectivity index (χ2n) is 13.1. The summed E-state index contributed by atoms with van der Waals surface area (Å²) in [4.78, 5) is 22.9. The van der Waals surface area contributed by atoms with Gasteiger partial charge in [-0.25, -0.2) is 0 Å².